The van der Waals surface area contributed by atoms with Gasteiger partial charge in [-0.3, -0.25) is 4.79 Å². The number of rotatable bonds is 6. The Labute approximate surface area is 190 Å². The fourth-order valence-electron chi connectivity index (χ4n) is 2.63. The molecule has 1 N–H and O–H groups in total. The molecule has 0 atom stereocenters. The molecule has 3 aromatic carbocycles. The zero-order chi connectivity index (χ0) is 21.5. The van der Waals surface area contributed by atoms with Crippen molar-refractivity contribution in [3.8, 4) is 11.8 Å². The molecule has 3 rings (SSSR count). The van der Waals surface area contributed by atoms with E-state index in [0.29, 0.717) is 27.0 Å². The monoisotopic (exact) mass is 528 g/mol. The lowest BCUT2D eigenvalue weighted by Gasteiger charge is -2.13. The molecule has 0 aromatic heterocycles. The van der Waals surface area contributed by atoms with Crippen molar-refractivity contribution >= 4 is 49.5 Å². The van der Waals surface area contributed by atoms with Crippen LogP contribution in [0.25, 0.3) is 6.08 Å². The van der Waals surface area contributed by atoms with Crippen LogP contribution < -0.4 is 10.1 Å². The van der Waals surface area contributed by atoms with E-state index in [2.05, 4.69) is 37.2 Å². The van der Waals surface area contributed by atoms with Gasteiger partial charge in [0.1, 0.15) is 29.8 Å². The number of nitrogens with one attached hydrogen (secondary N) is 1. The third-order valence-corrected chi connectivity index (χ3v) is 5.11. The van der Waals surface area contributed by atoms with Gasteiger partial charge >= 0.3 is 0 Å². The summed E-state index contributed by atoms with van der Waals surface area (Å²) in [5.74, 6) is -0.524. The van der Waals surface area contributed by atoms with E-state index >= 15 is 0 Å². The molecule has 0 spiro atoms. The smallest absolute Gasteiger partial charge is 0.266 e. The first-order valence-electron chi connectivity index (χ1n) is 8.81. The summed E-state index contributed by atoms with van der Waals surface area (Å²) in [7, 11) is 0. The Morgan fingerprint density at radius 1 is 1.10 bits per heavy atom. The minimum atomic E-state index is -0.542. The van der Waals surface area contributed by atoms with Crippen LogP contribution >= 0.6 is 31.9 Å². The lowest BCUT2D eigenvalue weighted by Crippen LogP contribution is -2.13. The summed E-state index contributed by atoms with van der Waals surface area (Å²) >= 11 is 6.83. The van der Waals surface area contributed by atoms with Gasteiger partial charge in [-0.1, -0.05) is 52.3 Å². The molecule has 0 radical (unpaired) electrons. The molecule has 30 heavy (non-hydrogen) atoms. The molecule has 1 amide bonds. The third kappa shape index (κ3) is 5.56. The molecule has 7 heteroatoms. The predicted molar refractivity (Wildman–Crippen MR) is 121 cm³/mol. The van der Waals surface area contributed by atoms with Crippen LogP contribution in [0, 0.1) is 17.1 Å². The van der Waals surface area contributed by atoms with Crippen LogP contribution in [0.4, 0.5) is 10.1 Å². The summed E-state index contributed by atoms with van der Waals surface area (Å²) in [6, 6.07) is 20.6. The van der Waals surface area contributed by atoms with Crippen molar-refractivity contribution in [1.29, 1.82) is 5.26 Å². The summed E-state index contributed by atoms with van der Waals surface area (Å²) in [4.78, 5) is 12.5. The minimum absolute atomic E-state index is 0.00809. The summed E-state index contributed by atoms with van der Waals surface area (Å²) in [6.45, 7) is -0.00809. The molecule has 0 heterocycles. The molecule has 0 aliphatic rings. The molecular formula is C23H15Br2FN2O2. The van der Waals surface area contributed by atoms with E-state index in [9.17, 15) is 14.4 Å². The molecule has 3 aromatic rings. The Morgan fingerprint density at radius 3 is 2.50 bits per heavy atom. The number of ether oxygens (including phenoxy) is 1. The van der Waals surface area contributed by atoms with Crippen LogP contribution in [0.5, 0.6) is 5.75 Å². The van der Waals surface area contributed by atoms with Crippen LogP contribution in [0.15, 0.2) is 81.2 Å². The SMILES string of the molecule is N#C/C(=C\c1cc(Br)cc(Br)c1OCc1ccccc1F)C(=O)Nc1ccccc1. The Bertz CT molecular complexity index is 1140. The van der Waals surface area contributed by atoms with Gasteiger partial charge < -0.3 is 10.1 Å². The standard InChI is InChI=1S/C23H15Br2FN2O2/c24-18-11-16(10-17(13-27)23(29)28-19-7-2-1-3-8-19)22(20(25)12-18)30-14-15-6-4-5-9-21(15)26/h1-12H,14H2,(H,28,29)/b17-10+. The fraction of sp³-hybridized carbons (Fsp3) is 0.0435. The average molecular weight is 530 g/mol. The van der Waals surface area contributed by atoms with E-state index in [1.54, 1.807) is 54.6 Å². The van der Waals surface area contributed by atoms with Crippen LogP contribution in [0.3, 0.4) is 0 Å². The first-order chi connectivity index (χ1) is 14.5. The summed E-state index contributed by atoms with van der Waals surface area (Å²) in [5.41, 5.74) is 1.37. The van der Waals surface area contributed by atoms with Crippen molar-refractivity contribution in [1.82, 2.24) is 0 Å². The highest BCUT2D eigenvalue weighted by Gasteiger charge is 2.15. The van der Waals surface area contributed by atoms with Gasteiger partial charge in [0.05, 0.1) is 4.47 Å². The second kappa shape index (κ2) is 10.2. The molecule has 0 unspecified atom stereocenters. The summed E-state index contributed by atoms with van der Waals surface area (Å²) in [5, 5.41) is 12.2. The summed E-state index contributed by atoms with van der Waals surface area (Å²) in [6.07, 6.45) is 1.43. The van der Waals surface area contributed by atoms with E-state index in [0.717, 1.165) is 4.47 Å². The zero-order valence-corrected chi connectivity index (χ0v) is 18.7. The van der Waals surface area contributed by atoms with E-state index in [1.807, 2.05) is 12.1 Å². The van der Waals surface area contributed by atoms with Crippen LogP contribution in [0.2, 0.25) is 0 Å². The number of nitrogens with zero attached hydrogens (tertiary/aromatic N) is 1. The lowest BCUT2D eigenvalue weighted by atomic mass is 10.1. The third-order valence-electron chi connectivity index (χ3n) is 4.06. The largest absolute Gasteiger partial charge is 0.487 e. The van der Waals surface area contributed by atoms with Crippen molar-refractivity contribution in [2.45, 2.75) is 6.61 Å². The summed E-state index contributed by atoms with van der Waals surface area (Å²) < 4.78 is 21.1. The van der Waals surface area contributed by atoms with Gasteiger partial charge in [0.25, 0.3) is 5.91 Å². The van der Waals surface area contributed by atoms with Crippen molar-refractivity contribution in [2.75, 3.05) is 5.32 Å². The quantitative estimate of drug-likeness (QED) is 0.294. The maximum absolute atomic E-state index is 13.9. The van der Waals surface area contributed by atoms with Crippen LogP contribution in [0.1, 0.15) is 11.1 Å². The Balaban J connectivity index is 1.90. The van der Waals surface area contributed by atoms with E-state index in [4.69, 9.17) is 4.74 Å². The van der Waals surface area contributed by atoms with Crippen LogP contribution in [-0.2, 0) is 11.4 Å². The van der Waals surface area contributed by atoms with Gasteiger partial charge in [-0.25, -0.2) is 4.39 Å². The number of para-hydroxylation sites is 1. The second-order valence-corrected chi connectivity index (χ2v) is 7.95. The Hall–Kier alpha value is -2.95. The minimum Gasteiger partial charge on any atom is -0.487 e. The number of carbonyl (C=O) groups excluding carboxylic acids is 1. The second-order valence-electron chi connectivity index (χ2n) is 6.18. The van der Waals surface area contributed by atoms with Gasteiger partial charge in [0.2, 0.25) is 0 Å². The van der Waals surface area contributed by atoms with Crippen molar-refractivity contribution < 1.29 is 13.9 Å². The average Bonchev–Trinajstić information content (AvgIpc) is 2.73. The van der Waals surface area contributed by atoms with Crippen LogP contribution in [-0.4, -0.2) is 5.91 Å². The topological polar surface area (TPSA) is 62.1 Å². The molecule has 0 bridgehead atoms. The molecule has 0 fully saturated rings. The fourth-order valence-corrected chi connectivity index (χ4v) is 4.00. The van der Waals surface area contributed by atoms with Crippen molar-refractivity contribution in [3.05, 3.63) is 98.2 Å². The number of amides is 1. The highest BCUT2D eigenvalue weighted by Crippen LogP contribution is 2.35. The van der Waals surface area contributed by atoms with E-state index in [-0.39, 0.29) is 18.0 Å². The number of nitriles is 1. The van der Waals surface area contributed by atoms with Gasteiger partial charge in [0, 0.05) is 21.3 Å². The highest BCUT2D eigenvalue weighted by atomic mass is 79.9. The normalized spacial score (nSPS) is 10.9. The number of carbonyl (C=O) groups is 1. The molecular weight excluding hydrogens is 515 g/mol. The van der Waals surface area contributed by atoms with Crippen molar-refractivity contribution in [3.63, 3.8) is 0 Å². The number of anilines is 1. The zero-order valence-electron chi connectivity index (χ0n) is 15.5. The molecule has 0 saturated carbocycles. The Kier molecular flexibility index (Phi) is 7.39. The molecule has 150 valence electrons. The number of halogens is 3. The maximum atomic E-state index is 13.9. The van der Waals surface area contributed by atoms with E-state index < -0.39 is 5.91 Å². The van der Waals surface area contributed by atoms with Gasteiger partial charge in [-0.05, 0) is 52.3 Å². The molecule has 0 saturated heterocycles. The predicted octanol–water partition coefficient (Wildman–Crippen LogP) is 6.48. The van der Waals surface area contributed by atoms with Gasteiger partial charge in [-0.15, -0.1) is 0 Å². The first kappa shape index (κ1) is 21.8. The van der Waals surface area contributed by atoms with E-state index in [1.165, 1.54) is 12.1 Å². The molecule has 0 aliphatic heterocycles. The molecule has 0 aliphatic carbocycles. The number of hydrogen-bond donors (Lipinski definition) is 1. The van der Waals surface area contributed by atoms with Crippen molar-refractivity contribution in [2.24, 2.45) is 0 Å². The molecule has 4 nitrogen and oxygen atoms in total. The van der Waals surface area contributed by atoms with Gasteiger partial charge in [-0.2, -0.15) is 5.26 Å². The lowest BCUT2D eigenvalue weighted by molar-refractivity contribution is -0.112. The Morgan fingerprint density at radius 2 is 1.80 bits per heavy atom. The highest BCUT2D eigenvalue weighted by molar-refractivity contribution is 9.11. The number of benzene rings is 3. The first-order valence-corrected chi connectivity index (χ1v) is 10.4. The number of hydrogen-bond acceptors (Lipinski definition) is 3. The maximum Gasteiger partial charge on any atom is 0.266 e. The van der Waals surface area contributed by atoms with Gasteiger partial charge in [0.15, 0.2) is 0 Å².